The lowest BCUT2D eigenvalue weighted by Crippen LogP contribution is -2.13. The number of oxime groups is 1. The SMILES string of the molecule is ON=CC1CCCc2cc(F)cc(F)c21. The molecule has 2 nitrogen and oxygen atoms in total. The Kier molecular flexibility index (Phi) is 2.66. The molecule has 0 radical (unpaired) electrons. The van der Waals surface area contributed by atoms with E-state index in [2.05, 4.69) is 5.16 Å². The molecule has 4 heteroatoms. The van der Waals surface area contributed by atoms with Gasteiger partial charge in [0, 0.05) is 12.0 Å². The van der Waals surface area contributed by atoms with Crippen LogP contribution in [0.4, 0.5) is 8.78 Å². The Hall–Kier alpha value is -1.45. The first-order valence-electron chi connectivity index (χ1n) is 4.87. The highest BCUT2D eigenvalue weighted by atomic mass is 19.1. The van der Waals surface area contributed by atoms with Crippen molar-refractivity contribution in [3.8, 4) is 0 Å². The highest BCUT2D eigenvalue weighted by Gasteiger charge is 2.23. The molecule has 1 aliphatic rings. The maximum absolute atomic E-state index is 13.5. The number of halogens is 2. The Bertz CT molecular complexity index is 404. The van der Waals surface area contributed by atoms with Crippen molar-refractivity contribution >= 4 is 6.21 Å². The zero-order chi connectivity index (χ0) is 10.8. The average molecular weight is 211 g/mol. The highest BCUT2D eigenvalue weighted by Crippen LogP contribution is 2.32. The van der Waals surface area contributed by atoms with Gasteiger partial charge in [-0.2, -0.15) is 0 Å². The highest BCUT2D eigenvalue weighted by molar-refractivity contribution is 5.68. The molecule has 15 heavy (non-hydrogen) atoms. The summed E-state index contributed by atoms with van der Waals surface area (Å²) >= 11 is 0. The van der Waals surface area contributed by atoms with Crippen LogP contribution in [0.2, 0.25) is 0 Å². The van der Waals surface area contributed by atoms with E-state index >= 15 is 0 Å². The van der Waals surface area contributed by atoms with Crippen molar-refractivity contribution < 1.29 is 14.0 Å². The van der Waals surface area contributed by atoms with E-state index in [-0.39, 0.29) is 5.92 Å². The molecule has 1 N–H and O–H groups in total. The second-order valence-electron chi connectivity index (χ2n) is 3.72. The third-order valence-electron chi connectivity index (χ3n) is 2.76. The molecule has 0 saturated heterocycles. The number of nitrogens with zero attached hydrogens (tertiary/aromatic N) is 1. The van der Waals surface area contributed by atoms with Gasteiger partial charge in [0.25, 0.3) is 0 Å². The van der Waals surface area contributed by atoms with Gasteiger partial charge in [-0.05, 0) is 36.5 Å². The molecule has 2 rings (SSSR count). The van der Waals surface area contributed by atoms with Crippen molar-refractivity contribution in [2.24, 2.45) is 5.16 Å². The van der Waals surface area contributed by atoms with E-state index in [1.165, 1.54) is 12.3 Å². The van der Waals surface area contributed by atoms with Gasteiger partial charge in [-0.3, -0.25) is 0 Å². The second-order valence-corrected chi connectivity index (χ2v) is 3.72. The molecule has 0 aromatic heterocycles. The van der Waals surface area contributed by atoms with Crippen molar-refractivity contribution in [3.05, 3.63) is 34.9 Å². The molecule has 0 saturated carbocycles. The van der Waals surface area contributed by atoms with Crippen LogP contribution >= 0.6 is 0 Å². The standard InChI is InChI=1S/C11H11F2NO/c12-9-4-7-2-1-3-8(6-14-15)11(7)10(13)5-9/h4-6,8,15H,1-3H2. The first-order chi connectivity index (χ1) is 7.22. The molecule has 1 aliphatic carbocycles. The summed E-state index contributed by atoms with van der Waals surface area (Å²) in [5.74, 6) is -1.33. The molecule has 0 spiro atoms. The molecule has 0 fully saturated rings. The van der Waals surface area contributed by atoms with Gasteiger partial charge >= 0.3 is 0 Å². The predicted octanol–water partition coefficient (Wildman–Crippen LogP) is 2.84. The van der Waals surface area contributed by atoms with Crippen LogP contribution in [0.3, 0.4) is 0 Å². The predicted molar refractivity (Wildman–Crippen MR) is 52.3 cm³/mol. The number of hydrogen-bond acceptors (Lipinski definition) is 2. The summed E-state index contributed by atoms with van der Waals surface area (Å²) in [5.41, 5.74) is 1.16. The quantitative estimate of drug-likeness (QED) is 0.432. The number of hydrogen-bond donors (Lipinski definition) is 1. The Morgan fingerprint density at radius 3 is 2.93 bits per heavy atom. The zero-order valence-corrected chi connectivity index (χ0v) is 8.08. The minimum absolute atomic E-state index is 0.237. The maximum atomic E-state index is 13.5. The van der Waals surface area contributed by atoms with Gasteiger partial charge in [0.05, 0.1) is 6.21 Å². The van der Waals surface area contributed by atoms with E-state index in [0.717, 1.165) is 18.9 Å². The Labute approximate surface area is 86.2 Å². The molecule has 1 unspecified atom stereocenters. The Balaban J connectivity index is 2.50. The van der Waals surface area contributed by atoms with Crippen molar-refractivity contribution in [1.29, 1.82) is 0 Å². The molecule has 0 amide bonds. The van der Waals surface area contributed by atoms with Crippen molar-refractivity contribution in [1.82, 2.24) is 0 Å². The lowest BCUT2D eigenvalue weighted by Gasteiger charge is -2.22. The molecule has 0 bridgehead atoms. The van der Waals surface area contributed by atoms with E-state index in [1.807, 2.05) is 0 Å². The number of aryl methyl sites for hydroxylation is 1. The first kappa shape index (κ1) is 10.1. The van der Waals surface area contributed by atoms with Crippen molar-refractivity contribution in [2.45, 2.75) is 25.2 Å². The topological polar surface area (TPSA) is 32.6 Å². The fraction of sp³-hybridized carbons (Fsp3) is 0.364. The van der Waals surface area contributed by atoms with Gasteiger partial charge in [-0.15, -0.1) is 5.16 Å². The maximum Gasteiger partial charge on any atom is 0.130 e. The number of fused-ring (bicyclic) bond motifs is 1. The molecular weight excluding hydrogens is 200 g/mol. The van der Waals surface area contributed by atoms with E-state index in [0.29, 0.717) is 17.5 Å². The minimum atomic E-state index is -0.548. The summed E-state index contributed by atoms with van der Waals surface area (Å²) in [4.78, 5) is 0. The van der Waals surface area contributed by atoms with Crippen LogP contribution in [-0.2, 0) is 6.42 Å². The molecule has 1 aromatic carbocycles. The van der Waals surface area contributed by atoms with Crippen LogP contribution in [0.15, 0.2) is 17.3 Å². The summed E-state index contributed by atoms with van der Waals surface area (Å²) in [6, 6.07) is 2.23. The molecule has 1 aromatic rings. The largest absolute Gasteiger partial charge is 0.411 e. The summed E-state index contributed by atoms with van der Waals surface area (Å²) < 4.78 is 26.5. The third kappa shape index (κ3) is 1.84. The first-order valence-corrected chi connectivity index (χ1v) is 4.87. The van der Waals surface area contributed by atoms with Crippen LogP contribution in [0.1, 0.15) is 29.9 Å². The Morgan fingerprint density at radius 1 is 1.40 bits per heavy atom. The van der Waals surface area contributed by atoms with E-state index < -0.39 is 11.6 Å². The van der Waals surface area contributed by atoms with Gasteiger partial charge < -0.3 is 5.21 Å². The van der Waals surface area contributed by atoms with Gasteiger partial charge in [0.1, 0.15) is 11.6 Å². The van der Waals surface area contributed by atoms with Crippen LogP contribution in [-0.4, -0.2) is 11.4 Å². The zero-order valence-electron chi connectivity index (χ0n) is 8.08. The fourth-order valence-corrected chi connectivity index (χ4v) is 2.15. The van der Waals surface area contributed by atoms with E-state index in [1.54, 1.807) is 0 Å². The summed E-state index contributed by atoms with van der Waals surface area (Å²) in [6.45, 7) is 0. The van der Waals surface area contributed by atoms with E-state index in [9.17, 15) is 8.78 Å². The smallest absolute Gasteiger partial charge is 0.130 e. The van der Waals surface area contributed by atoms with Gasteiger partial charge in [-0.1, -0.05) is 0 Å². The fourth-order valence-electron chi connectivity index (χ4n) is 2.15. The summed E-state index contributed by atoms with van der Waals surface area (Å²) in [5, 5.41) is 11.4. The summed E-state index contributed by atoms with van der Waals surface area (Å²) in [7, 11) is 0. The number of benzene rings is 1. The molecular formula is C11H11F2NO. The molecule has 0 heterocycles. The second kappa shape index (κ2) is 3.96. The average Bonchev–Trinajstić information content (AvgIpc) is 2.17. The van der Waals surface area contributed by atoms with Crippen molar-refractivity contribution in [2.75, 3.05) is 0 Å². The van der Waals surface area contributed by atoms with Crippen LogP contribution < -0.4 is 0 Å². The lowest BCUT2D eigenvalue weighted by atomic mass is 9.83. The van der Waals surface area contributed by atoms with Crippen LogP contribution in [0, 0.1) is 11.6 Å². The molecule has 0 aliphatic heterocycles. The van der Waals surface area contributed by atoms with E-state index in [4.69, 9.17) is 5.21 Å². The minimum Gasteiger partial charge on any atom is -0.411 e. The van der Waals surface area contributed by atoms with Gasteiger partial charge in [0.2, 0.25) is 0 Å². The third-order valence-corrected chi connectivity index (χ3v) is 2.76. The van der Waals surface area contributed by atoms with Gasteiger partial charge in [0.15, 0.2) is 0 Å². The summed E-state index contributed by atoms with van der Waals surface area (Å²) in [6.07, 6.45) is 3.57. The van der Waals surface area contributed by atoms with Crippen molar-refractivity contribution in [3.63, 3.8) is 0 Å². The van der Waals surface area contributed by atoms with Crippen LogP contribution in [0.5, 0.6) is 0 Å². The normalized spacial score (nSPS) is 20.5. The lowest BCUT2D eigenvalue weighted by molar-refractivity contribution is 0.319. The monoisotopic (exact) mass is 211 g/mol. The Morgan fingerprint density at radius 2 is 2.20 bits per heavy atom. The van der Waals surface area contributed by atoms with Crippen LogP contribution in [0.25, 0.3) is 0 Å². The van der Waals surface area contributed by atoms with Gasteiger partial charge in [-0.25, -0.2) is 8.78 Å². The number of rotatable bonds is 1. The molecule has 80 valence electrons. The molecule has 1 atom stereocenters.